The van der Waals surface area contributed by atoms with Crippen molar-refractivity contribution in [3.05, 3.63) is 27.8 Å². The van der Waals surface area contributed by atoms with E-state index in [-0.39, 0.29) is 23.7 Å². The third kappa shape index (κ3) is 2.20. The zero-order chi connectivity index (χ0) is 13.6. The zero-order valence-corrected chi connectivity index (χ0v) is 13.0. The molecule has 1 aromatic carbocycles. The Labute approximate surface area is 126 Å². The maximum atomic E-state index is 12.5. The molecule has 1 aromatic rings. The zero-order valence-electron chi connectivity index (χ0n) is 10.8. The molecule has 0 unspecified atom stereocenters. The first-order valence-corrected chi connectivity index (χ1v) is 7.79. The number of imide groups is 1. The number of hydrogen-bond donors (Lipinski definition) is 0. The molecule has 3 atom stereocenters. The highest BCUT2D eigenvalue weighted by molar-refractivity contribution is 14.1. The van der Waals surface area contributed by atoms with Crippen LogP contribution < -0.4 is 4.90 Å². The molecule has 3 nitrogen and oxygen atoms in total. The van der Waals surface area contributed by atoms with Gasteiger partial charge in [0.2, 0.25) is 11.8 Å². The first-order chi connectivity index (χ1) is 9.08. The second-order valence-electron chi connectivity index (χ2n) is 5.62. The summed E-state index contributed by atoms with van der Waals surface area (Å²) in [6, 6.07) is 7.58. The van der Waals surface area contributed by atoms with Crippen LogP contribution in [0.5, 0.6) is 0 Å². The van der Waals surface area contributed by atoms with Gasteiger partial charge in [0.05, 0.1) is 17.5 Å². The van der Waals surface area contributed by atoms with Gasteiger partial charge in [-0.1, -0.05) is 6.92 Å². The second-order valence-corrected chi connectivity index (χ2v) is 6.87. The van der Waals surface area contributed by atoms with Gasteiger partial charge in [-0.05, 0) is 72.0 Å². The molecule has 0 bridgehead atoms. The first-order valence-electron chi connectivity index (χ1n) is 6.71. The minimum atomic E-state index is -0.0875. The summed E-state index contributed by atoms with van der Waals surface area (Å²) in [5.74, 6) is 0.388. The number of anilines is 1. The monoisotopic (exact) mass is 369 g/mol. The molecule has 4 heteroatoms. The summed E-state index contributed by atoms with van der Waals surface area (Å²) in [6.45, 7) is 2.17. The van der Waals surface area contributed by atoms with Crippen molar-refractivity contribution in [2.75, 3.05) is 4.90 Å². The van der Waals surface area contributed by atoms with Crippen molar-refractivity contribution in [1.29, 1.82) is 0 Å². The summed E-state index contributed by atoms with van der Waals surface area (Å²) in [7, 11) is 0. The minimum Gasteiger partial charge on any atom is -0.274 e. The lowest BCUT2D eigenvalue weighted by atomic mass is 9.76. The standard InChI is InChI=1S/C15H16INO2/c1-9-2-7-12-13(8-9)15(19)17(14(12)18)11-5-3-10(16)4-6-11/h3-6,9,12-13H,2,7-8H2,1H3/t9-,12+,13+/m1/s1. The third-order valence-corrected chi connectivity index (χ3v) is 4.99. The van der Waals surface area contributed by atoms with Crippen LogP contribution in [0.3, 0.4) is 0 Å². The Morgan fingerprint density at radius 2 is 1.68 bits per heavy atom. The molecule has 1 saturated heterocycles. The Hall–Kier alpha value is -0.910. The van der Waals surface area contributed by atoms with E-state index in [2.05, 4.69) is 29.5 Å². The van der Waals surface area contributed by atoms with E-state index in [9.17, 15) is 9.59 Å². The number of fused-ring (bicyclic) bond motifs is 1. The van der Waals surface area contributed by atoms with Crippen molar-refractivity contribution in [1.82, 2.24) is 0 Å². The van der Waals surface area contributed by atoms with E-state index in [4.69, 9.17) is 0 Å². The van der Waals surface area contributed by atoms with Gasteiger partial charge in [-0.25, -0.2) is 0 Å². The fourth-order valence-corrected chi connectivity index (χ4v) is 3.59. The summed E-state index contributed by atoms with van der Waals surface area (Å²) in [5.41, 5.74) is 0.720. The largest absolute Gasteiger partial charge is 0.274 e. The van der Waals surface area contributed by atoms with Crippen molar-refractivity contribution >= 4 is 40.1 Å². The predicted octanol–water partition coefficient (Wildman–Crippen LogP) is 3.22. The van der Waals surface area contributed by atoms with Gasteiger partial charge in [0.25, 0.3) is 0 Å². The molecule has 2 aliphatic rings. The van der Waals surface area contributed by atoms with Gasteiger partial charge in [-0.3, -0.25) is 14.5 Å². The molecule has 100 valence electrons. The van der Waals surface area contributed by atoms with E-state index in [1.807, 2.05) is 24.3 Å². The Morgan fingerprint density at radius 3 is 2.37 bits per heavy atom. The Morgan fingerprint density at radius 1 is 1.05 bits per heavy atom. The molecule has 2 fully saturated rings. The lowest BCUT2D eigenvalue weighted by Gasteiger charge is -2.25. The maximum absolute atomic E-state index is 12.5. The Kier molecular flexibility index (Phi) is 3.37. The van der Waals surface area contributed by atoms with Gasteiger partial charge < -0.3 is 0 Å². The van der Waals surface area contributed by atoms with Crippen LogP contribution in [0.15, 0.2) is 24.3 Å². The van der Waals surface area contributed by atoms with Crippen LogP contribution >= 0.6 is 22.6 Å². The van der Waals surface area contributed by atoms with Gasteiger partial charge in [0, 0.05) is 3.57 Å². The molecule has 0 radical (unpaired) electrons. The van der Waals surface area contributed by atoms with E-state index in [0.29, 0.717) is 5.92 Å². The van der Waals surface area contributed by atoms with Crippen LogP contribution in [0.2, 0.25) is 0 Å². The molecule has 19 heavy (non-hydrogen) atoms. The Bertz CT molecular complexity index is 525. The van der Waals surface area contributed by atoms with Crippen LogP contribution in [-0.2, 0) is 9.59 Å². The number of carbonyl (C=O) groups excluding carboxylic acids is 2. The molecule has 3 rings (SSSR count). The van der Waals surface area contributed by atoms with Crippen LogP contribution in [-0.4, -0.2) is 11.8 Å². The van der Waals surface area contributed by atoms with Gasteiger partial charge in [0.15, 0.2) is 0 Å². The lowest BCUT2D eigenvalue weighted by Crippen LogP contribution is -2.30. The molecular weight excluding hydrogens is 353 g/mol. The number of benzene rings is 1. The quantitative estimate of drug-likeness (QED) is 0.563. The fraction of sp³-hybridized carbons (Fsp3) is 0.467. The molecule has 0 spiro atoms. The van der Waals surface area contributed by atoms with E-state index < -0.39 is 0 Å². The average Bonchev–Trinajstić information content (AvgIpc) is 2.63. The van der Waals surface area contributed by atoms with E-state index in [1.165, 1.54) is 4.90 Å². The molecule has 0 aromatic heterocycles. The lowest BCUT2D eigenvalue weighted by molar-refractivity contribution is -0.122. The Balaban J connectivity index is 1.93. The SMILES string of the molecule is C[C@@H]1CC[C@@H]2C(=O)N(c3ccc(I)cc3)C(=O)[C@H]2C1. The normalized spacial score (nSPS) is 30.6. The number of amides is 2. The topological polar surface area (TPSA) is 37.4 Å². The predicted molar refractivity (Wildman–Crippen MR) is 81.6 cm³/mol. The molecule has 1 aliphatic heterocycles. The molecule has 0 N–H and O–H groups in total. The molecule has 1 heterocycles. The number of halogens is 1. The first kappa shape index (κ1) is 13.1. The minimum absolute atomic E-state index is 0.00255. The van der Waals surface area contributed by atoms with Crippen LogP contribution in [0.1, 0.15) is 26.2 Å². The summed E-state index contributed by atoms with van der Waals surface area (Å²) in [6.07, 6.45) is 2.77. The van der Waals surface area contributed by atoms with Crippen molar-refractivity contribution in [3.63, 3.8) is 0 Å². The van der Waals surface area contributed by atoms with Crippen molar-refractivity contribution < 1.29 is 9.59 Å². The van der Waals surface area contributed by atoms with Crippen molar-refractivity contribution in [3.8, 4) is 0 Å². The van der Waals surface area contributed by atoms with Gasteiger partial charge in [-0.15, -0.1) is 0 Å². The summed E-state index contributed by atoms with van der Waals surface area (Å²) in [4.78, 5) is 26.3. The van der Waals surface area contributed by atoms with Gasteiger partial charge >= 0.3 is 0 Å². The highest BCUT2D eigenvalue weighted by atomic mass is 127. The van der Waals surface area contributed by atoms with E-state index in [0.717, 1.165) is 28.5 Å². The fourth-order valence-electron chi connectivity index (χ4n) is 3.23. The van der Waals surface area contributed by atoms with Crippen LogP contribution in [0.4, 0.5) is 5.69 Å². The van der Waals surface area contributed by atoms with Crippen LogP contribution in [0.25, 0.3) is 0 Å². The highest BCUT2D eigenvalue weighted by Crippen LogP contribution is 2.42. The average molecular weight is 369 g/mol. The molecular formula is C15H16INO2. The number of carbonyl (C=O) groups is 2. The van der Waals surface area contributed by atoms with Crippen LogP contribution in [0, 0.1) is 21.3 Å². The van der Waals surface area contributed by atoms with Crippen molar-refractivity contribution in [2.24, 2.45) is 17.8 Å². The summed E-state index contributed by atoms with van der Waals surface area (Å²) < 4.78 is 1.10. The van der Waals surface area contributed by atoms with Crippen molar-refractivity contribution in [2.45, 2.75) is 26.2 Å². The number of rotatable bonds is 1. The van der Waals surface area contributed by atoms with E-state index in [1.54, 1.807) is 0 Å². The molecule has 1 saturated carbocycles. The second kappa shape index (κ2) is 4.89. The molecule has 2 amide bonds. The smallest absolute Gasteiger partial charge is 0.237 e. The van der Waals surface area contributed by atoms with E-state index >= 15 is 0 Å². The number of hydrogen-bond acceptors (Lipinski definition) is 2. The maximum Gasteiger partial charge on any atom is 0.237 e. The third-order valence-electron chi connectivity index (χ3n) is 4.27. The molecule has 1 aliphatic carbocycles. The summed E-state index contributed by atoms with van der Waals surface area (Å²) >= 11 is 2.22. The van der Waals surface area contributed by atoms with Gasteiger partial charge in [-0.2, -0.15) is 0 Å². The van der Waals surface area contributed by atoms with Gasteiger partial charge in [0.1, 0.15) is 0 Å². The summed E-state index contributed by atoms with van der Waals surface area (Å²) in [5, 5.41) is 0. The highest BCUT2D eigenvalue weighted by Gasteiger charge is 2.49. The number of nitrogens with zero attached hydrogens (tertiary/aromatic N) is 1.